The van der Waals surface area contributed by atoms with Crippen LogP contribution < -0.4 is 0 Å². The van der Waals surface area contributed by atoms with Gasteiger partial charge in [0.15, 0.2) is 0 Å². The van der Waals surface area contributed by atoms with E-state index in [1.54, 1.807) is 17.5 Å². The SMILES string of the molecule is c1cncc(-c2cccc(-n3c4ccccc4c4cc5sccc5cc43)n2)c1. The summed E-state index contributed by atoms with van der Waals surface area (Å²) in [5.41, 5.74) is 4.30. The van der Waals surface area contributed by atoms with Gasteiger partial charge in [-0.05, 0) is 59.3 Å². The summed E-state index contributed by atoms with van der Waals surface area (Å²) in [6, 6.07) is 25.5. The Bertz CT molecular complexity index is 1460. The van der Waals surface area contributed by atoms with Crippen LogP contribution in [0.1, 0.15) is 0 Å². The lowest BCUT2D eigenvalue weighted by Crippen LogP contribution is -1.98. The van der Waals surface area contributed by atoms with Gasteiger partial charge in [0.2, 0.25) is 0 Å². The third-order valence-corrected chi connectivity index (χ3v) is 6.05. The van der Waals surface area contributed by atoms with Gasteiger partial charge in [0.05, 0.1) is 16.7 Å². The maximum absolute atomic E-state index is 4.98. The first-order chi connectivity index (χ1) is 13.9. The van der Waals surface area contributed by atoms with Crippen LogP contribution in [0.5, 0.6) is 0 Å². The highest BCUT2D eigenvalue weighted by Gasteiger charge is 2.14. The van der Waals surface area contributed by atoms with Crippen molar-refractivity contribution >= 4 is 43.2 Å². The molecular weight excluding hydrogens is 362 g/mol. The topological polar surface area (TPSA) is 30.7 Å². The first-order valence-electron chi connectivity index (χ1n) is 9.17. The van der Waals surface area contributed by atoms with E-state index in [9.17, 15) is 0 Å². The quantitative estimate of drug-likeness (QED) is 0.347. The monoisotopic (exact) mass is 377 g/mol. The minimum absolute atomic E-state index is 0.919. The molecular formula is C24H15N3S. The molecule has 0 radical (unpaired) electrons. The van der Waals surface area contributed by atoms with E-state index in [4.69, 9.17) is 4.98 Å². The van der Waals surface area contributed by atoms with Crippen LogP contribution in [0.3, 0.4) is 0 Å². The molecule has 0 saturated heterocycles. The molecule has 6 aromatic rings. The summed E-state index contributed by atoms with van der Waals surface area (Å²) >= 11 is 1.78. The molecule has 3 nitrogen and oxygen atoms in total. The Hall–Kier alpha value is -3.50. The van der Waals surface area contributed by atoms with Crippen molar-refractivity contribution in [2.45, 2.75) is 0 Å². The molecule has 0 amide bonds. The first kappa shape index (κ1) is 15.5. The lowest BCUT2D eigenvalue weighted by molar-refractivity contribution is 1.08. The number of benzene rings is 2. The van der Waals surface area contributed by atoms with Crippen molar-refractivity contribution in [1.29, 1.82) is 0 Å². The van der Waals surface area contributed by atoms with Gasteiger partial charge in [0.25, 0.3) is 0 Å². The summed E-state index contributed by atoms with van der Waals surface area (Å²) in [6.07, 6.45) is 3.64. The fourth-order valence-corrected chi connectivity index (χ4v) is 4.70. The van der Waals surface area contributed by atoms with E-state index >= 15 is 0 Å². The summed E-state index contributed by atoms with van der Waals surface area (Å²) in [5, 5.41) is 5.93. The van der Waals surface area contributed by atoms with Gasteiger partial charge in [0.1, 0.15) is 5.82 Å². The second-order valence-electron chi connectivity index (χ2n) is 6.80. The normalized spacial score (nSPS) is 11.6. The predicted octanol–water partition coefficient (Wildman–Crippen LogP) is 6.46. The summed E-state index contributed by atoms with van der Waals surface area (Å²) in [4.78, 5) is 9.21. The van der Waals surface area contributed by atoms with E-state index in [-0.39, 0.29) is 0 Å². The maximum Gasteiger partial charge on any atom is 0.138 e. The molecule has 0 aliphatic carbocycles. The number of rotatable bonds is 2. The van der Waals surface area contributed by atoms with Crippen LogP contribution in [0.2, 0.25) is 0 Å². The molecule has 4 heterocycles. The van der Waals surface area contributed by atoms with E-state index < -0.39 is 0 Å². The molecule has 0 aliphatic heterocycles. The fourth-order valence-electron chi connectivity index (χ4n) is 3.89. The third kappa shape index (κ3) is 2.28. The maximum atomic E-state index is 4.98. The van der Waals surface area contributed by atoms with Crippen molar-refractivity contribution in [3.8, 4) is 17.1 Å². The van der Waals surface area contributed by atoms with Gasteiger partial charge in [-0.2, -0.15) is 0 Å². The summed E-state index contributed by atoms with van der Waals surface area (Å²) in [6.45, 7) is 0. The molecule has 28 heavy (non-hydrogen) atoms. The van der Waals surface area contributed by atoms with Crippen molar-refractivity contribution in [3.05, 3.63) is 90.6 Å². The van der Waals surface area contributed by atoms with Crippen molar-refractivity contribution < 1.29 is 0 Å². The first-order valence-corrected chi connectivity index (χ1v) is 10.0. The number of fused-ring (bicyclic) bond motifs is 4. The van der Waals surface area contributed by atoms with Crippen LogP contribution >= 0.6 is 11.3 Å². The highest BCUT2D eigenvalue weighted by Crippen LogP contribution is 2.36. The molecule has 0 spiro atoms. The Kier molecular flexibility index (Phi) is 3.34. The van der Waals surface area contributed by atoms with E-state index in [2.05, 4.69) is 69.5 Å². The summed E-state index contributed by atoms with van der Waals surface area (Å²) < 4.78 is 3.58. The van der Waals surface area contributed by atoms with E-state index in [1.165, 1.54) is 31.9 Å². The number of para-hydroxylation sites is 1. The van der Waals surface area contributed by atoms with E-state index in [1.807, 2.05) is 24.4 Å². The molecule has 0 saturated carbocycles. The molecule has 4 heteroatoms. The van der Waals surface area contributed by atoms with Gasteiger partial charge < -0.3 is 0 Å². The van der Waals surface area contributed by atoms with Gasteiger partial charge in [-0.15, -0.1) is 11.3 Å². The molecule has 0 fully saturated rings. The Morgan fingerprint density at radius 3 is 2.68 bits per heavy atom. The number of nitrogens with zero attached hydrogens (tertiary/aromatic N) is 3. The van der Waals surface area contributed by atoms with Gasteiger partial charge in [-0.25, -0.2) is 4.98 Å². The molecule has 4 aromatic heterocycles. The number of hydrogen-bond donors (Lipinski definition) is 0. The molecule has 0 unspecified atom stereocenters. The van der Waals surface area contributed by atoms with Crippen molar-refractivity contribution in [2.75, 3.05) is 0 Å². The van der Waals surface area contributed by atoms with Crippen LogP contribution in [0.4, 0.5) is 0 Å². The zero-order valence-corrected chi connectivity index (χ0v) is 15.7. The second-order valence-corrected chi connectivity index (χ2v) is 7.75. The van der Waals surface area contributed by atoms with Crippen molar-refractivity contribution in [3.63, 3.8) is 0 Å². The molecule has 2 aromatic carbocycles. The molecule has 0 aliphatic rings. The molecule has 132 valence electrons. The Morgan fingerprint density at radius 1 is 0.786 bits per heavy atom. The minimum atomic E-state index is 0.919. The number of thiophene rings is 1. The van der Waals surface area contributed by atoms with E-state index in [0.717, 1.165) is 17.1 Å². The largest absolute Gasteiger partial charge is 0.294 e. The van der Waals surface area contributed by atoms with Crippen molar-refractivity contribution in [1.82, 2.24) is 14.5 Å². The Balaban J connectivity index is 1.69. The summed E-state index contributed by atoms with van der Waals surface area (Å²) in [5.74, 6) is 0.919. The second kappa shape index (κ2) is 6.01. The van der Waals surface area contributed by atoms with Crippen LogP contribution in [0.15, 0.2) is 90.6 Å². The molecule has 6 rings (SSSR count). The Morgan fingerprint density at radius 2 is 1.75 bits per heavy atom. The lowest BCUT2D eigenvalue weighted by Gasteiger charge is -2.09. The number of pyridine rings is 2. The number of aromatic nitrogens is 3. The fraction of sp³-hybridized carbons (Fsp3) is 0. The standard InChI is InChI=1S/C24H15N3S/c1-2-8-21-18(6-1)19-14-23-16(10-12-28-23)13-22(19)27(21)24-9-3-7-20(26-24)17-5-4-11-25-15-17/h1-15H. The zero-order valence-electron chi connectivity index (χ0n) is 14.9. The van der Waals surface area contributed by atoms with Gasteiger partial charge >= 0.3 is 0 Å². The average molecular weight is 377 g/mol. The molecule has 0 bridgehead atoms. The van der Waals surface area contributed by atoms with Crippen LogP contribution in [0, 0.1) is 0 Å². The van der Waals surface area contributed by atoms with Gasteiger partial charge in [0, 0.05) is 33.4 Å². The van der Waals surface area contributed by atoms with Gasteiger partial charge in [-0.1, -0.05) is 24.3 Å². The lowest BCUT2D eigenvalue weighted by atomic mass is 10.1. The molecule has 0 N–H and O–H groups in total. The van der Waals surface area contributed by atoms with Crippen molar-refractivity contribution in [2.24, 2.45) is 0 Å². The number of hydrogen-bond acceptors (Lipinski definition) is 3. The highest BCUT2D eigenvalue weighted by atomic mass is 32.1. The average Bonchev–Trinajstić information content (AvgIpc) is 3.34. The van der Waals surface area contributed by atoms with Gasteiger partial charge in [-0.3, -0.25) is 9.55 Å². The van der Waals surface area contributed by atoms with Crippen LogP contribution in [0.25, 0.3) is 49.0 Å². The van der Waals surface area contributed by atoms with Crippen LogP contribution in [-0.4, -0.2) is 14.5 Å². The minimum Gasteiger partial charge on any atom is -0.294 e. The van der Waals surface area contributed by atoms with Crippen LogP contribution in [-0.2, 0) is 0 Å². The Labute approximate surface area is 165 Å². The predicted molar refractivity (Wildman–Crippen MR) is 117 cm³/mol. The highest BCUT2D eigenvalue weighted by molar-refractivity contribution is 7.17. The third-order valence-electron chi connectivity index (χ3n) is 5.17. The van der Waals surface area contributed by atoms with E-state index in [0.29, 0.717) is 0 Å². The molecule has 0 atom stereocenters. The smallest absolute Gasteiger partial charge is 0.138 e. The zero-order chi connectivity index (χ0) is 18.5. The summed E-state index contributed by atoms with van der Waals surface area (Å²) in [7, 11) is 0.